The zero-order chi connectivity index (χ0) is 13.8. The molecule has 0 N–H and O–H groups in total. The van der Waals surface area contributed by atoms with Crippen LogP contribution in [0, 0.1) is 5.82 Å². The van der Waals surface area contributed by atoms with E-state index in [2.05, 4.69) is 0 Å². The molecule has 0 nitrogen and oxygen atoms in total. The third-order valence-corrected chi connectivity index (χ3v) is 4.12. The molecule has 0 heterocycles. The highest BCUT2D eigenvalue weighted by molar-refractivity contribution is 6.36. The Morgan fingerprint density at radius 2 is 1.58 bits per heavy atom. The van der Waals surface area contributed by atoms with Crippen LogP contribution in [0.4, 0.5) is 4.39 Å². The van der Waals surface area contributed by atoms with Crippen molar-refractivity contribution in [1.29, 1.82) is 0 Å². The molecule has 1 atom stereocenters. The van der Waals surface area contributed by atoms with Gasteiger partial charge in [-0.3, -0.25) is 0 Å². The minimum absolute atomic E-state index is 0.153. The van der Waals surface area contributed by atoms with Crippen molar-refractivity contribution in [2.45, 2.75) is 12.3 Å². The fourth-order valence-corrected chi connectivity index (χ4v) is 2.85. The van der Waals surface area contributed by atoms with Gasteiger partial charge in [-0.15, -0.1) is 11.6 Å². The van der Waals surface area contributed by atoms with Gasteiger partial charge in [-0.2, -0.15) is 0 Å². The highest BCUT2D eigenvalue weighted by atomic mass is 35.5. The third-order valence-electron chi connectivity index (χ3n) is 3.04. The lowest BCUT2D eigenvalue weighted by Crippen LogP contribution is -2.07. The van der Waals surface area contributed by atoms with Crippen molar-refractivity contribution in [3.8, 4) is 0 Å². The lowest BCUT2D eigenvalue weighted by Gasteiger charge is -2.17. The first kappa shape index (κ1) is 14.6. The van der Waals surface area contributed by atoms with Crippen molar-refractivity contribution >= 4 is 34.8 Å². The molecule has 100 valence electrons. The summed E-state index contributed by atoms with van der Waals surface area (Å²) in [4.78, 5) is 0. The summed E-state index contributed by atoms with van der Waals surface area (Å²) < 4.78 is 13.8. The van der Waals surface area contributed by atoms with Crippen LogP contribution >= 0.6 is 34.8 Å². The number of rotatable bonds is 4. The molecule has 0 aliphatic rings. The Labute approximate surface area is 127 Å². The van der Waals surface area contributed by atoms with Gasteiger partial charge in [-0.1, -0.05) is 47.5 Å². The van der Waals surface area contributed by atoms with Gasteiger partial charge in [-0.25, -0.2) is 4.39 Å². The molecular formula is C15H12Cl3F. The van der Waals surface area contributed by atoms with E-state index < -0.39 is 0 Å². The minimum atomic E-state index is -0.253. The molecule has 0 aliphatic carbocycles. The van der Waals surface area contributed by atoms with E-state index in [4.69, 9.17) is 34.8 Å². The van der Waals surface area contributed by atoms with Crippen molar-refractivity contribution in [2.75, 3.05) is 5.88 Å². The zero-order valence-electron chi connectivity index (χ0n) is 10.0. The summed E-state index contributed by atoms with van der Waals surface area (Å²) in [5.41, 5.74) is 1.40. The molecule has 0 spiro atoms. The third kappa shape index (κ3) is 3.42. The summed E-state index contributed by atoms with van der Waals surface area (Å²) in [6.45, 7) is 0. The highest BCUT2D eigenvalue weighted by Gasteiger charge is 2.18. The summed E-state index contributed by atoms with van der Waals surface area (Å²) in [6.07, 6.45) is 0.517. The monoisotopic (exact) mass is 316 g/mol. The number of alkyl halides is 1. The highest BCUT2D eigenvalue weighted by Crippen LogP contribution is 2.31. The molecule has 0 fully saturated rings. The molecule has 4 heteroatoms. The van der Waals surface area contributed by atoms with E-state index in [1.54, 1.807) is 36.4 Å². The first-order chi connectivity index (χ1) is 9.13. The van der Waals surface area contributed by atoms with Crippen LogP contribution in [0.25, 0.3) is 0 Å². The van der Waals surface area contributed by atoms with Crippen LogP contribution in [0.15, 0.2) is 42.5 Å². The molecule has 2 aromatic rings. The Hall–Kier alpha value is -0.760. The molecule has 0 saturated carbocycles. The lowest BCUT2D eigenvalue weighted by molar-refractivity contribution is 0.589. The molecular weight excluding hydrogens is 306 g/mol. The van der Waals surface area contributed by atoms with Crippen LogP contribution < -0.4 is 0 Å². The summed E-state index contributed by atoms with van der Waals surface area (Å²) in [6, 6.07) is 12.0. The van der Waals surface area contributed by atoms with E-state index in [0.717, 1.165) is 5.56 Å². The van der Waals surface area contributed by atoms with Gasteiger partial charge in [0, 0.05) is 21.8 Å². The predicted octanol–water partition coefficient (Wildman–Crippen LogP) is 5.70. The average Bonchev–Trinajstić information content (AvgIpc) is 2.40. The van der Waals surface area contributed by atoms with Crippen LogP contribution in [0.5, 0.6) is 0 Å². The second-order valence-electron chi connectivity index (χ2n) is 4.28. The topological polar surface area (TPSA) is 0 Å². The fraction of sp³-hybridized carbons (Fsp3) is 0.200. The predicted molar refractivity (Wildman–Crippen MR) is 80.0 cm³/mol. The van der Waals surface area contributed by atoms with Gasteiger partial charge in [0.2, 0.25) is 0 Å². The summed E-state index contributed by atoms with van der Waals surface area (Å²) in [7, 11) is 0. The van der Waals surface area contributed by atoms with Crippen molar-refractivity contribution in [3.05, 3.63) is 69.5 Å². The Balaban J connectivity index is 2.32. The number of hydrogen-bond donors (Lipinski definition) is 0. The molecule has 0 aromatic heterocycles. The van der Waals surface area contributed by atoms with Crippen LogP contribution in [0.2, 0.25) is 10.0 Å². The standard InChI is InChI=1S/C15H12Cl3F/c16-9-10(11-4-1-2-7-15(11)19)8-12-13(17)5-3-6-14(12)18/h1-7,10H,8-9H2. The van der Waals surface area contributed by atoms with Gasteiger partial charge in [-0.05, 0) is 35.7 Å². The first-order valence-corrected chi connectivity index (χ1v) is 7.15. The van der Waals surface area contributed by atoms with Crippen molar-refractivity contribution in [1.82, 2.24) is 0 Å². The van der Waals surface area contributed by atoms with E-state index in [1.807, 2.05) is 0 Å². The van der Waals surface area contributed by atoms with Gasteiger partial charge in [0.05, 0.1) is 0 Å². The molecule has 0 radical (unpaired) electrons. The first-order valence-electron chi connectivity index (χ1n) is 5.86. The van der Waals surface area contributed by atoms with Gasteiger partial charge in [0.15, 0.2) is 0 Å². The lowest BCUT2D eigenvalue weighted by atomic mass is 9.93. The molecule has 2 aromatic carbocycles. The van der Waals surface area contributed by atoms with E-state index in [-0.39, 0.29) is 11.7 Å². The van der Waals surface area contributed by atoms with Gasteiger partial charge >= 0.3 is 0 Å². The van der Waals surface area contributed by atoms with Crippen LogP contribution in [0.3, 0.4) is 0 Å². The quantitative estimate of drug-likeness (QED) is 0.635. The minimum Gasteiger partial charge on any atom is -0.207 e. The van der Waals surface area contributed by atoms with Crippen molar-refractivity contribution < 1.29 is 4.39 Å². The summed E-state index contributed by atoms with van der Waals surface area (Å²) in [5, 5.41) is 1.16. The van der Waals surface area contributed by atoms with E-state index in [0.29, 0.717) is 27.9 Å². The fourth-order valence-electron chi connectivity index (χ4n) is 2.03. The van der Waals surface area contributed by atoms with Gasteiger partial charge in [0.1, 0.15) is 5.82 Å². The Morgan fingerprint density at radius 1 is 0.947 bits per heavy atom. The largest absolute Gasteiger partial charge is 0.207 e. The normalized spacial score (nSPS) is 12.4. The van der Waals surface area contributed by atoms with Crippen LogP contribution in [0.1, 0.15) is 17.0 Å². The van der Waals surface area contributed by atoms with Crippen LogP contribution in [-0.2, 0) is 6.42 Å². The molecule has 1 unspecified atom stereocenters. The summed E-state index contributed by atoms with van der Waals surface area (Å²) in [5.74, 6) is -0.0979. The molecule has 19 heavy (non-hydrogen) atoms. The Morgan fingerprint density at radius 3 is 2.16 bits per heavy atom. The van der Waals surface area contributed by atoms with Crippen LogP contribution in [-0.4, -0.2) is 5.88 Å². The maximum Gasteiger partial charge on any atom is 0.126 e. The van der Waals surface area contributed by atoms with Gasteiger partial charge < -0.3 is 0 Å². The Kier molecular flexibility index (Phi) is 5.09. The molecule has 0 saturated heterocycles. The summed E-state index contributed by atoms with van der Waals surface area (Å²) >= 11 is 18.2. The average molecular weight is 318 g/mol. The number of benzene rings is 2. The SMILES string of the molecule is Fc1ccccc1C(CCl)Cc1c(Cl)cccc1Cl. The smallest absolute Gasteiger partial charge is 0.126 e. The molecule has 0 amide bonds. The molecule has 0 bridgehead atoms. The molecule has 2 rings (SSSR count). The van der Waals surface area contributed by atoms with Crippen molar-refractivity contribution in [2.24, 2.45) is 0 Å². The Bertz CT molecular complexity index is 549. The van der Waals surface area contributed by atoms with E-state index >= 15 is 0 Å². The van der Waals surface area contributed by atoms with Crippen molar-refractivity contribution in [3.63, 3.8) is 0 Å². The second-order valence-corrected chi connectivity index (χ2v) is 5.40. The maximum atomic E-state index is 13.8. The van der Waals surface area contributed by atoms with E-state index in [9.17, 15) is 4.39 Å². The second kappa shape index (κ2) is 6.60. The number of halogens is 4. The van der Waals surface area contributed by atoms with E-state index in [1.165, 1.54) is 6.07 Å². The maximum absolute atomic E-state index is 13.8. The zero-order valence-corrected chi connectivity index (χ0v) is 12.3. The number of hydrogen-bond acceptors (Lipinski definition) is 0. The molecule has 0 aliphatic heterocycles. The van der Waals surface area contributed by atoms with Gasteiger partial charge in [0.25, 0.3) is 0 Å².